The van der Waals surface area contributed by atoms with Crippen molar-refractivity contribution in [2.45, 2.75) is 108 Å². The number of ether oxygens (including phenoxy) is 7. The number of allylic oxidation sites excluding steroid dienone is 1. The van der Waals surface area contributed by atoms with Gasteiger partial charge in [-0.3, -0.25) is 4.79 Å². The molecule has 1 aromatic rings. The first-order valence-electron chi connectivity index (χ1n) is 18.9. The molecule has 286 valence electrons. The molecule has 6 aliphatic rings. The van der Waals surface area contributed by atoms with Crippen molar-refractivity contribution in [3.05, 3.63) is 47.0 Å². The van der Waals surface area contributed by atoms with Crippen LogP contribution in [0.4, 0.5) is 0 Å². The zero-order valence-electron chi connectivity index (χ0n) is 31.4. The van der Waals surface area contributed by atoms with Gasteiger partial charge in [0.1, 0.15) is 6.10 Å². The minimum absolute atomic E-state index is 0.00102. The molecule has 1 aromatic carbocycles. The number of rotatable bonds is 12. The molecule has 3 saturated heterocycles. The van der Waals surface area contributed by atoms with Crippen LogP contribution in [0.15, 0.2) is 41.5 Å². The van der Waals surface area contributed by atoms with Crippen LogP contribution < -0.4 is 0 Å². The van der Waals surface area contributed by atoms with Crippen LogP contribution in [0.5, 0.6) is 0 Å². The van der Waals surface area contributed by atoms with E-state index >= 15 is 4.79 Å². The normalized spacial score (nSPS) is 40.8. The fourth-order valence-electron chi connectivity index (χ4n) is 11.1. The van der Waals surface area contributed by atoms with Crippen molar-refractivity contribution >= 4 is 26.0 Å². The van der Waals surface area contributed by atoms with Crippen LogP contribution in [-0.4, -0.2) is 102 Å². The fourth-order valence-corrected chi connectivity index (χ4v) is 14.0. The molecule has 13 heteroatoms. The lowest BCUT2D eigenvalue weighted by Crippen LogP contribution is -2.73. The molecule has 0 radical (unpaired) electrons. The van der Waals surface area contributed by atoms with Crippen LogP contribution in [0.3, 0.4) is 0 Å². The Kier molecular flexibility index (Phi) is 10.2. The predicted molar refractivity (Wildman–Crippen MR) is 188 cm³/mol. The van der Waals surface area contributed by atoms with Gasteiger partial charge in [0.2, 0.25) is 0 Å². The molecule has 3 aliphatic heterocycles. The average molecular weight is 743 g/mol. The van der Waals surface area contributed by atoms with Gasteiger partial charge in [-0.1, -0.05) is 56.7 Å². The molecule has 0 aromatic heterocycles. The Hall–Kier alpha value is -2.49. The van der Waals surface area contributed by atoms with Gasteiger partial charge in [0.15, 0.2) is 26.0 Å². The van der Waals surface area contributed by atoms with Gasteiger partial charge in [-0.15, -0.1) is 0 Å². The summed E-state index contributed by atoms with van der Waals surface area (Å²) in [5.41, 5.74) is -0.509. The molecule has 7 rings (SSSR count). The van der Waals surface area contributed by atoms with Crippen molar-refractivity contribution in [1.29, 1.82) is 0 Å². The van der Waals surface area contributed by atoms with Crippen molar-refractivity contribution in [2.24, 2.45) is 35.0 Å². The van der Waals surface area contributed by atoms with E-state index in [1.807, 2.05) is 37.3 Å². The van der Waals surface area contributed by atoms with Gasteiger partial charge in [0.05, 0.1) is 52.2 Å². The number of ketones is 1. The highest BCUT2D eigenvalue weighted by molar-refractivity contribution is 6.73. The second-order valence-corrected chi connectivity index (χ2v) is 20.4. The fraction of sp³-hybridized carbons (Fsp3) is 0.718. The Morgan fingerprint density at radius 3 is 2.33 bits per heavy atom. The van der Waals surface area contributed by atoms with Crippen LogP contribution in [0, 0.1) is 35.0 Å². The minimum atomic E-state index is -2.50. The minimum Gasteiger partial charge on any atom is -0.467 e. The number of methoxy groups -OCH3 is 3. The summed E-state index contributed by atoms with van der Waals surface area (Å²) in [6.45, 7) is 8.29. The SMILES string of the molecule is CC[Si](CC)(CC)O[C@H]1C[C@](O)(C(=O)OC)C2CO[C@H]3C(=O)[C@H](C4=C(C)[C@@H]5C[C@@H](OC)O[C@H]4C5)[C@@H]4[C@@](OCc5ccccc5)(C(=O)OC)OC[C@@]14[C@H]23. The Balaban J connectivity index is 1.48. The second-order valence-electron chi connectivity index (χ2n) is 15.6. The maximum absolute atomic E-state index is 15.4. The summed E-state index contributed by atoms with van der Waals surface area (Å²) < 4.78 is 50.4. The van der Waals surface area contributed by atoms with E-state index < -0.39 is 85.3 Å². The molecule has 3 aliphatic carbocycles. The van der Waals surface area contributed by atoms with E-state index in [1.165, 1.54) is 14.2 Å². The Morgan fingerprint density at radius 2 is 1.69 bits per heavy atom. The molecule has 0 amide bonds. The molecular weight excluding hydrogens is 689 g/mol. The first kappa shape index (κ1) is 37.8. The van der Waals surface area contributed by atoms with Gasteiger partial charge in [0.25, 0.3) is 5.79 Å². The number of carbonyl (C=O) groups excluding carboxylic acids is 3. The first-order valence-corrected chi connectivity index (χ1v) is 21.4. The molecule has 52 heavy (non-hydrogen) atoms. The second kappa shape index (κ2) is 14.0. The van der Waals surface area contributed by atoms with Gasteiger partial charge in [-0.05, 0) is 48.5 Å². The van der Waals surface area contributed by atoms with Crippen molar-refractivity contribution in [2.75, 3.05) is 34.5 Å². The number of fused-ring (bicyclic) bond motifs is 2. The summed E-state index contributed by atoms with van der Waals surface area (Å²) in [5.74, 6) is -7.28. The highest BCUT2D eigenvalue weighted by Gasteiger charge is 2.82. The molecular formula is C39H54O12Si. The van der Waals surface area contributed by atoms with Crippen molar-refractivity contribution < 1.29 is 57.1 Å². The van der Waals surface area contributed by atoms with E-state index in [1.54, 1.807) is 7.11 Å². The Labute approximate surface area is 306 Å². The van der Waals surface area contributed by atoms with Gasteiger partial charge in [-0.25, -0.2) is 9.59 Å². The maximum atomic E-state index is 15.4. The van der Waals surface area contributed by atoms with Crippen molar-refractivity contribution in [3.63, 3.8) is 0 Å². The Bertz CT molecular complexity index is 1570. The number of benzene rings is 1. The molecule has 1 spiro atoms. The third kappa shape index (κ3) is 5.36. The van der Waals surface area contributed by atoms with E-state index in [0.29, 0.717) is 12.8 Å². The maximum Gasteiger partial charge on any atom is 0.366 e. The van der Waals surface area contributed by atoms with E-state index in [4.69, 9.17) is 37.6 Å². The summed E-state index contributed by atoms with van der Waals surface area (Å²) in [6.07, 6.45) is -1.53. The summed E-state index contributed by atoms with van der Waals surface area (Å²) in [5, 5.41) is 12.5. The molecule has 1 unspecified atom stereocenters. The molecule has 12 nitrogen and oxygen atoms in total. The van der Waals surface area contributed by atoms with E-state index in [9.17, 15) is 14.7 Å². The largest absolute Gasteiger partial charge is 0.467 e. The van der Waals surface area contributed by atoms with Crippen molar-refractivity contribution in [1.82, 2.24) is 0 Å². The molecule has 5 fully saturated rings. The van der Waals surface area contributed by atoms with Crippen LogP contribution >= 0.6 is 0 Å². The van der Waals surface area contributed by atoms with Crippen LogP contribution in [0.2, 0.25) is 18.1 Å². The van der Waals surface area contributed by atoms with Crippen LogP contribution in [0.25, 0.3) is 0 Å². The predicted octanol–water partition coefficient (Wildman–Crippen LogP) is 4.33. The smallest absolute Gasteiger partial charge is 0.366 e. The number of hydrogen-bond acceptors (Lipinski definition) is 12. The van der Waals surface area contributed by atoms with Gasteiger partial charge >= 0.3 is 11.9 Å². The molecule has 12 atom stereocenters. The van der Waals surface area contributed by atoms with Gasteiger partial charge in [0, 0.05) is 43.1 Å². The Morgan fingerprint density at radius 1 is 1.00 bits per heavy atom. The number of esters is 2. The summed E-state index contributed by atoms with van der Waals surface area (Å²) in [7, 11) is 1.66. The van der Waals surface area contributed by atoms with E-state index in [0.717, 1.165) is 34.8 Å². The highest BCUT2D eigenvalue weighted by Crippen LogP contribution is 2.70. The number of aliphatic hydroxyl groups is 1. The lowest BCUT2D eigenvalue weighted by Gasteiger charge is -2.61. The van der Waals surface area contributed by atoms with Gasteiger partial charge in [-0.2, -0.15) is 0 Å². The third-order valence-corrected chi connectivity index (χ3v) is 18.6. The molecule has 2 saturated carbocycles. The van der Waals surface area contributed by atoms with Crippen molar-refractivity contribution in [3.8, 4) is 0 Å². The summed E-state index contributed by atoms with van der Waals surface area (Å²) in [6, 6.07) is 11.8. The van der Waals surface area contributed by atoms with Crippen LogP contribution in [-0.2, 0) is 58.6 Å². The topological polar surface area (TPSA) is 145 Å². The number of hydrogen-bond donors (Lipinski definition) is 1. The zero-order chi connectivity index (χ0) is 37.2. The average Bonchev–Trinajstić information content (AvgIpc) is 3.84. The summed E-state index contributed by atoms with van der Waals surface area (Å²) >= 11 is 0. The third-order valence-electron chi connectivity index (χ3n) is 13.9. The quantitative estimate of drug-likeness (QED) is 0.185. The lowest BCUT2D eigenvalue weighted by molar-refractivity contribution is -0.260. The van der Waals surface area contributed by atoms with Crippen LogP contribution in [0.1, 0.15) is 52.5 Å². The lowest BCUT2D eigenvalue weighted by atomic mass is 9.44. The van der Waals surface area contributed by atoms with E-state index in [-0.39, 0.29) is 37.9 Å². The molecule has 2 bridgehead atoms. The molecule has 3 heterocycles. The number of Topliss-reactive ketones (excluding diaryl/α,β-unsaturated/α-hetero) is 1. The van der Waals surface area contributed by atoms with Gasteiger partial charge < -0.3 is 42.7 Å². The number of carbonyl (C=O) groups is 3. The highest BCUT2D eigenvalue weighted by atomic mass is 28.4. The first-order chi connectivity index (χ1) is 24.9. The zero-order valence-corrected chi connectivity index (χ0v) is 32.4. The van der Waals surface area contributed by atoms with E-state index in [2.05, 4.69) is 20.8 Å². The summed E-state index contributed by atoms with van der Waals surface area (Å²) in [4.78, 5) is 43.6. The molecule has 1 N–H and O–H groups in total. The standard InChI is InChI=1S/C39H54O12Si/c1-8-52(9-2,10-3)51-27-18-38(43,35(41)45-6)25-20-47-33-31(25)37(27)21-49-39(36(42)46-7,48-19-23-14-12-11-13-15-23)34(37)30(32(33)40)29-22(4)24-16-26(29)50-28(17-24)44-5/h11-15,24-28,30-31,33-34,43H,8-10,16-21H2,1-7H3/t24-,25?,26-,27-,28-,30-,31+,33+,34-,37-,38+,39-/m0/s1. The monoisotopic (exact) mass is 742 g/mol.